The maximum atomic E-state index is 6.17. The first kappa shape index (κ1) is 17.2. The number of rotatable bonds is 5. The van der Waals surface area contributed by atoms with Gasteiger partial charge in [-0.3, -0.25) is 0 Å². The molecule has 6 heteroatoms. The van der Waals surface area contributed by atoms with Crippen molar-refractivity contribution < 1.29 is 4.74 Å². The first-order chi connectivity index (χ1) is 10.0. The van der Waals surface area contributed by atoms with E-state index >= 15 is 0 Å². The molecule has 0 saturated heterocycles. The first-order valence-electron chi connectivity index (χ1n) is 6.07. The van der Waals surface area contributed by atoms with Gasteiger partial charge in [-0.1, -0.05) is 58.5 Å². The fraction of sp³-hybridized carbons (Fsp3) is 0.200. The number of halogens is 5. The van der Waals surface area contributed by atoms with Gasteiger partial charge in [0, 0.05) is 25.7 Å². The van der Waals surface area contributed by atoms with E-state index in [0.29, 0.717) is 26.7 Å². The highest BCUT2D eigenvalue weighted by Crippen LogP contribution is 2.31. The molecular formula is C15H11Cl5O. The molecule has 2 aromatic rings. The summed E-state index contributed by atoms with van der Waals surface area (Å²) in [6.07, 6.45) is -0.344. The van der Waals surface area contributed by atoms with Crippen LogP contribution in [0.5, 0.6) is 0 Å². The Balaban J connectivity index is 2.12. The van der Waals surface area contributed by atoms with Gasteiger partial charge in [0.05, 0.1) is 18.6 Å². The molecule has 1 atom stereocenters. The molecular weight excluding hydrogens is 373 g/mol. The van der Waals surface area contributed by atoms with Crippen molar-refractivity contribution in [2.45, 2.75) is 12.7 Å². The molecule has 0 aromatic heterocycles. The van der Waals surface area contributed by atoms with Crippen molar-refractivity contribution in [2.75, 3.05) is 5.88 Å². The molecule has 2 rings (SSSR count). The lowest BCUT2D eigenvalue weighted by Crippen LogP contribution is -2.07. The number of benzene rings is 2. The van der Waals surface area contributed by atoms with Gasteiger partial charge in [-0.25, -0.2) is 0 Å². The maximum absolute atomic E-state index is 6.17. The monoisotopic (exact) mass is 382 g/mol. The predicted octanol–water partition coefficient (Wildman–Crippen LogP) is 6.80. The van der Waals surface area contributed by atoms with Gasteiger partial charge in [-0.15, -0.1) is 11.6 Å². The van der Waals surface area contributed by atoms with Crippen molar-refractivity contribution in [2.24, 2.45) is 0 Å². The van der Waals surface area contributed by atoms with Gasteiger partial charge in [0.25, 0.3) is 0 Å². The van der Waals surface area contributed by atoms with Gasteiger partial charge < -0.3 is 4.74 Å². The lowest BCUT2D eigenvalue weighted by Gasteiger charge is -2.17. The van der Waals surface area contributed by atoms with Gasteiger partial charge in [-0.2, -0.15) is 0 Å². The van der Waals surface area contributed by atoms with Gasteiger partial charge >= 0.3 is 0 Å². The van der Waals surface area contributed by atoms with Gasteiger partial charge in [0.2, 0.25) is 0 Å². The first-order valence-corrected chi connectivity index (χ1v) is 8.12. The van der Waals surface area contributed by atoms with Crippen molar-refractivity contribution in [3.63, 3.8) is 0 Å². The molecule has 21 heavy (non-hydrogen) atoms. The lowest BCUT2D eigenvalue weighted by molar-refractivity contribution is 0.0550. The van der Waals surface area contributed by atoms with Crippen LogP contribution in [0, 0.1) is 0 Å². The Bertz CT molecular complexity index is 629. The zero-order valence-corrected chi connectivity index (χ0v) is 14.5. The summed E-state index contributed by atoms with van der Waals surface area (Å²) in [4.78, 5) is 0. The van der Waals surface area contributed by atoms with Gasteiger partial charge in [0.15, 0.2) is 0 Å². The molecule has 0 saturated carbocycles. The molecule has 0 fully saturated rings. The van der Waals surface area contributed by atoms with Crippen molar-refractivity contribution >= 4 is 58.0 Å². The minimum Gasteiger partial charge on any atom is -0.367 e. The normalized spacial score (nSPS) is 12.4. The van der Waals surface area contributed by atoms with Crippen LogP contribution in [0.1, 0.15) is 17.2 Å². The van der Waals surface area contributed by atoms with Crippen LogP contribution < -0.4 is 0 Å². The Labute approximate surface area is 148 Å². The Hall–Kier alpha value is -0.150. The number of hydrogen-bond donors (Lipinski definition) is 0. The van der Waals surface area contributed by atoms with Crippen molar-refractivity contribution in [3.8, 4) is 0 Å². The quantitative estimate of drug-likeness (QED) is 0.515. The van der Waals surface area contributed by atoms with E-state index in [2.05, 4.69) is 0 Å². The molecule has 0 amide bonds. The standard InChI is InChI=1S/C15H11Cl5O/c16-7-15(12-4-3-11(18)6-14(12)20)21-8-9-1-2-10(17)5-13(9)19/h1-6,15H,7-8H2. The van der Waals surface area contributed by atoms with Crippen molar-refractivity contribution in [1.82, 2.24) is 0 Å². The molecule has 0 aliphatic carbocycles. The van der Waals surface area contributed by atoms with Crippen molar-refractivity contribution in [3.05, 3.63) is 67.6 Å². The van der Waals surface area contributed by atoms with Crippen LogP contribution in [-0.2, 0) is 11.3 Å². The van der Waals surface area contributed by atoms with E-state index in [0.717, 1.165) is 11.1 Å². The largest absolute Gasteiger partial charge is 0.367 e. The molecule has 2 aromatic carbocycles. The summed E-state index contributed by atoms with van der Waals surface area (Å²) in [5, 5.41) is 2.23. The Morgan fingerprint density at radius 2 is 1.48 bits per heavy atom. The van der Waals surface area contributed by atoms with E-state index in [1.807, 2.05) is 6.07 Å². The second-order valence-corrected chi connectivity index (χ2v) is 6.35. The summed E-state index contributed by atoms with van der Waals surface area (Å²) in [5.41, 5.74) is 1.63. The molecule has 0 bridgehead atoms. The van der Waals surface area contributed by atoms with Crippen LogP contribution in [0.25, 0.3) is 0 Å². The van der Waals surface area contributed by atoms with Crippen LogP contribution in [0.4, 0.5) is 0 Å². The molecule has 1 unspecified atom stereocenters. The fourth-order valence-corrected chi connectivity index (χ4v) is 3.06. The third kappa shape index (κ3) is 4.66. The highest BCUT2D eigenvalue weighted by molar-refractivity contribution is 6.35. The smallest absolute Gasteiger partial charge is 0.0979 e. The fourth-order valence-electron chi connectivity index (χ4n) is 1.81. The van der Waals surface area contributed by atoms with E-state index in [1.54, 1.807) is 30.3 Å². The predicted molar refractivity (Wildman–Crippen MR) is 91.2 cm³/mol. The highest BCUT2D eigenvalue weighted by atomic mass is 35.5. The average molecular weight is 385 g/mol. The molecule has 112 valence electrons. The second-order valence-electron chi connectivity index (χ2n) is 4.36. The zero-order chi connectivity index (χ0) is 15.4. The van der Waals surface area contributed by atoms with Crippen LogP contribution in [0.2, 0.25) is 20.1 Å². The molecule has 1 nitrogen and oxygen atoms in total. The zero-order valence-electron chi connectivity index (χ0n) is 10.8. The van der Waals surface area contributed by atoms with Crippen LogP contribution in [0.15, 0.2) is 36.4 Å². The molecule has 0 aliphatic rings. The lowest BCUT2D eigenvalue weighted by atomic mass is 10.1. The van der Waals surface area contributed by atoms with E-state index in [1.165, 1.54) is 0 Å². The van der Waals surface area contributed by atoms with Gasteiger partial charge in [-0.05, 0) is 29.8 Å². The number of hydrogen-bond acceptors (Lipinski definition) is 1. The van der Waals surface area contributed by atoms with Gasteiger partial charge in [0.1, 0.15) is 0 Å². The second kappa shape index (κ2) is 7.92. The average Bonchev–Trinajstić information content (AvgIpc) is 2.43. The summed E-state index contributed by atoms with van der Waals surface area (Å²) in [6.45, 7) is 0.312. The number of ether oxygens (including phenoxy) is 1. The van der Waals surface area contributed by atoms with E-state index in [9.17, 15) is 0 Å². The van der Waals surface area contributed by atoms with Crippen LogP contribution in [0.3, 0.4) is 0 Å². The van der Waals surface area contributed by atoms with Crippen molar-refractivity contribution in [1.29, 1.82) is 0 Å². The SMILES string of the molecule is ClCC(OCc1ccc(Cl)cc1Cl)c1ccc(Cl)cc1Cl. The minimum atomic E-state index is -0.344. The molecule has 0 radical (unpaired) electrons. The maximum Gasteiger partial charge on any atom is 0.0979 e. The van der Waals surface area contributed by atoms with E-state index in [-0.39, 0.29) is 12.0 Å². The topological polar surface area (TPSA) is 9.23 Å². The minimum absolute atomic E-state index is 0.270. The summed E-state index contributed by atoms with van der Waals surface area (Å²) < 4.78 is 5.82. The summed E-state index contributed by atoms with van der Waals surface area (Å²) >= 11 is 30.0. The summed E-state index contributed by atoms with van der Waals surface area (Å²) in [7, 11) is 0. The number of alkyl halides is 1. The summed E-state index contributed by atoms with van der Waals surface area (Å²) in [5.74, 6) is 0.270. The van der Waals surface area contributed by atoms with Crippen LogP contribution >= 0.6 is 58.0 Å². The third-order valence-electron chi connectivity index (χ3n) is 2.90. The Kier molecular flexibility index (Phi) is 6.49. The molecule has 0 heterocycles. The molecule has 0 aliphatic heterocycles. The Morgan fingerprint density at radius 3 is 2.05 bits per heavy atom. The Morgan fingerprint density at radius 1 is 0.857 bits per heavy atom. The van der Waals surface area contributed by atoms with Crippen LogP contribution in [-0.4, -0.2) is 5.88 Å². The molecule has 0 N–H and O–H groups in total. The highest BCUT2D eigenvalue weighted by Gasteiger charge is 2.15. The van der Waals surface area contributed by atoms with E-state index < -0.39 is 0 Å². The third-order valence-corrected chi connectivity index (χ3v) is 4.33. The summed E-state index contributed by atoms with van der Waals surface area (Å²) in [6, 6.07) is 10.5. The van der Waals surface area contributed by atoms with E-state index in [4.69, 9.17) is 62.7 Å². The molecule has 0 spiro atoms.